The van der Waals surface area contributed by atoms with E-state index in [1.54, 1.807) is 0 Å². The third-order valence-electron chi connectivity index (χ3n) is 4.54. The predicted octanol–water partition coefficient (Wildman–Crippen LogP) is 3.10. The van der Waals surface area contributed by atoms with E-state index in [0.717, 1.165) is 19.2 Å². The lowest BCUT2D eigenvalue weighted by atomic mass is 9.78. The first-order chi connectivity index (χ1) is 10.4. The number of fused-ring (bicyclic) bond motifs is 1. The molecule has 0 spiro atoms. The number of benzene rings is 1. The lowest BCUT2D eigenvalue weighted by molar-refractivity contribution is -0.137. The Morgan fingerprint density at radius 1 is 1.18 bits per heavy atom. The van der Waals surface area contributed by atoms with Gasteiger partial charge in [-0.05, 0) is 49.9 Å². The smallest absolute Gasteiger partial charge is 0.417 e. The number of halogens is 4. The van der Waals surface area contributed by atoms with Crippen molar-refractivity contribution < 1.29 is 23.0 Å². The monoisotopic (exact) mass is 335 g/mol. The van der Waals surface area contributed by atoms with Gasteiger partial charge in [0.25, 0.3) is 0 Å². The second-order valence-corrected chi connectivity index (χ2v) is 6.37. The number of ether oxygens (including phenoxy) is 1. The molecule has 2 fully saturated rings. The van der Waals surface area contributed by atoms with Gasteiger partial charge in [-0.2, -0.15) is 13.2 Å². The summed E-state index contributed by atoms with van der Waals surface area (Å²) in [5, 5.41) is 13.0. The van der Waals surface area contributed by atoms with E-state index in [9.17, 15) is 18.3 Å². The molecule has 1 aromatic rings. The van der Waals surface area contributed by atoms with Crippen molar-refractivity contribution in [3.8, 4) is 5.75 Å². The SMILES string of the molecule is O[C@@H]1C[C@H]2CNC[C@H]2C[C@H]1Oc1cccc(C(F)(F)F)c1Cl. The number of aliphatic hydroxyl groups is 1. The summed E-state index contributed by atoms with van der Waals surface area (Å²) in [7, 11) is 0. The second-order valence-electron chi connectivity index (χ2n) is 5.99. The molecule has 1 aromatic carbocycles. The molecule has 0 bridgehead atoms. The molecular weight excluding hydrogens is 319 g/mol. The standard InChI is InChI=1S/C15H17ClF3NO2/c16-14-10(15(17,18)19)2-1-3-12(14)22-13-5-9-7-20-6-8(9)4-11(13)21/h1-3,8-9,11,13,20-21H,4-7H2/t8-,9+,11+,13+/m0/s1. The largest absolute Gasteiger partial charge is 0.486 e. The fraction of sp³-hybridized carbons (Fsp3) is 0.600. The van der Waals surface area contributed by atoms with E-state index in [1.807, 2.05) is 0 Å². The molecule has 3 nitrogen and oxygen atoms in total. The average Bonchev–Trinajstić information content (AvgIpc) is 2.87. The van der Waals surface area contributed by atoms with Crippen molar-refractivity contribution in [3.05, 3.63) is 28.8 Å². The second kappa shape index (κ2) is 5.91. The summed E-state index contributed by atoms with van der Waals surface area (Å²) >= 11 is 5.83. The van der Waals surface area contributed by atoms with Crippen LogP contribution in [0.1, 0.15) is 18.4 Å². The third kappa shape index (κ3) is 3.05. The van der Waals surface area contributed by atoms with Gasteiger partial charge in [0.15, 0.2) is 0 Å². The fourth-order valence-corrected chi connectivity index (χ4v) is 3.64. The van der Waals surface area contributed by atoms with Gasteiger partial charge in [-0.15, -0.1) is 0 Å². The summed E-state index contributed by atoms with van der Waals surface area (Å²) in [6.45, 7) is 1.73. The molecule has 4 atom stereocenters. The van der Waals surface area contributed by atoms with Gasteiger partial charge in [-0.3, -0.25) is 0 Å². The van der Waals surface area contributed by atoms with E-state index in [-0.39, 0.29) is 5.75 Å². The lowest BCUT2D eigenvalue weighted by Gasteiger charge is -2.35. The minimum atomic E-state index is -4.53. The normalized spacial score (nSPS) is 31.9. The number of aliphatic hydroxyl groups excluding tert-OH is 1. The maximum Gasteiger partial charge on any atom is 0.417 e. The van der Waals surface area contributed by atoms with Crippen molar-refractivity contribution in [1.29, 1.82) is 0 Å². The molecule has 0 radical (unpaired) electrons. The highest BCUT2D eigenvalue weighted by molar-refractivity contribution is 6.32. The van der Waals surface area contributed by atoms with Crippen LogP contribution in [-0.4, -0.2) is 30.4 Å². The number of hydrogen-bond donors (Lipinski definition) is 2. The fourth-order valence-electron chi connectivity index (χ4n) is 3.37. The van der Waals surface area contributed by atoms with Crippen LogP contribution in [0.4, 0.5) is 13.2 Å². The molecule has 0 amide bonds. The molecule has 7 heteroatoms. The van der Waals surface area contributed by atoms with Gasteiger partial charge in [0.05, 0.1) is 16.7 Å². The van der Waals surface area contributed by atoms with Gasteiger partial charge in [0.2, 0.25) is 0 Å². The Bertz CT molecular complexity index is 552. The predicted molar refractivity (Wildman–Crippen MR) is 76.0 cm³/mol. The first-order valence-corrected chi connectivity index (χ1v) is 7.65. The Labute approximate surface area is 131 Å². The Balaban J connectivity index is 1.78. The summed E-state index contributed by atoms with van der Waals surface area (Å²) in [6.07, 6.45) is -4.53. The summed E-state index contributed by atoms with van der Waals surface area (Å²) in [5.41, 5.74) is -0.919. The first-order valence-electron chi connectivity index (χ1n) is 7.27. The van der Waals surface area contributed by atoms with Crippen LogP contribution in [-0.2, 0) is 6.18 Å². The minimum absolute atomic E-state index is 0.0232. The molecule has 1 saturated heterocycles. The van der Waals surface area contributed by atoms with Gasteiger partial charge >= 0.3 is 6.18 Å². The molecule has 0 aromatic heterocycles. The molecule has 1 heterocycles. The highest BCUT2D eigenvalue weighted by Gasteiger charge is 2.40. The number of hydrogen-bond acceptors (Lipinski definition) is 3. The topological polar surface area (TPSA) is 41.5 Å². The zero-order valence-corrected chi connectivity index (χ0v) is 12.5. The number of nitrogens with one attached hydrogen (secondary N) is 1. The molecule has 2 N–H and O–H groups in total. The molecule has 22 heavy (non-hydrogen) atoms. The van der Waals surface area contributed by atoms with Crippen LogP contribution < -0.4 is 10.1 Å². The molecule has 1 aliphatic carbocycles. The Morgan fingerprint density at radius 2 is 1.86 bits per heavy atom. The summed E-state index contributed by atoms with van der Waals surface area (Å²) < 4.78 is 44.2. The van der Waals surface area contributed by atoms with Crippen LogP contribution in [0.3, 0.4) is 0 Å². The van der Waals surface area contributed by atoms with Crippen LogP contribution in [0.25, 0.3) is 0 Å². The van der Waals surface area contributed by atoms with E-state index in [2.05, 4.69) is 5.32 Å². The van der Waals surface area contributed by atoms with Gasteiger partial charge < -0.3 is 15.2 Å². The highest BCUT2D eigenvalue weighted by Crippen LogP contribution is 2.41. The van der Waals surface area contributed by atoms with Crippen molar-refractivity contribution in [3.63, 3.8) is 0 Å². The Hall–Kier alpha value is -0.980. The van der Waals surface area contributed by atoms with E-state index in [0.29, 0.717) is 24.7 Å². The van der Waals surface area contributed by atoms with Crippen molar-refractivity contribution >= 4 is 11.6 Å². The quantitative estimate of drug-likeness (QED) is 0.872. The van der Waals surface area contributed by atoms with Crippen molar-refractivity contribution in [2.45, 2.75) is 31.2 Å². The minimum Gasteiger partial charge on any atom is -0.486 e. The van der Waals surface area contributed by atoms with E-state index in [4.69, 9.17) is 16.3 Å². The Morgan fingerprint density at radius 3 is 2.55 bits per heavy atom. The zero-order chi connectivity index (χ0) is 15.9. The van der Waals surface area contributed by atoms with Gasteiger partial charge in [0, 0.05) is 0 Å². The molecular formula is C15H17ClF3NO2. The first kappa shape index (κ1) is 15.9. The van der Waals surface area contributed by atoms with E-state index >= 15 is 0 Å². The summed E-state index contributed by atoms with van der Waals surface area (Å²) in [5.74, 6) is 0.773. The summed E-state index contributed by atoms with van der Waals surface area (Å²) in [6, 6.07) is 3.59. The average molecular weight is 336 g/mol. The van der Waals surface area contributed by atoms with E-state index < -0.39 is 29.0 Å². The van der Waals surface area contributed by atoms with Gasteiger partial charge in [-0.1, -0.05) is 17.7 Å². The molecule has 2 aliphatic rings. The van der Waals surface area contributed by atoms with E-state index in [1.165, 1.54) is 12.1 Å². The van der Waals surface area contributed by atoms with Gasteiger partial charge in [0.1, 0.15) is 11.9 Å². The van der Waals surface area contributed by atoms with Crippen LogP contribution in [0.2, 0.25) is 5.02 Å². The maximum absolute atomic E-state index is 12.9. The molecule has 0 unspecified atom stereocenters. The zero-order valence-electron chi connectivity index (χ0n) is 11.7. The lowest BCUT2D eigenvalue weighted by Crippen LogP contribution is -2.42. The van der Waals surface area contributed by atoms with Crippen LogP contribution in [0.15, 0.2) is 18.2 Å². The van der Waals surface area contributed by atoms with Crippen LogP contribution in [0.5, 0.6) is 5.75 Å². The maximum atomic E-state index is 12.9. The van der Waals surface area contributed by atoms with Gasteiger partial charge in [-0.25, -0.2) is 0 Å². The molecule has 1 saturated carbocycles. The van der Waals surface area contributed by atoms with Crippen molar-refractivity contribution in [2.75, 3.05) is 13.1 Å². The number of alkyl halides is 3. The third-order valence-corrected chi connectivity index (χ3v) is 4.93. The van der Waals surface area contributed by atoms with Crippen LogP contribution >= 0.6 is 11.6 Å². The molecule has 122 valence electrons. The highest BCUT2D eigenvalue weighted by atomic mass is 35.5. The number of rotatable bonds is 2. The van der Waals surface area contributed by atoms with Crippen molar-refractivity contribution in [1.82, 2.24) is 5.32 Å². The molecule has 3 rings (SSSR count). The Kier molecular flexibility index (Phi) is 4.27. The molecule has 1 aliphatic heterocycles. The summed E-state index contributed by atoms with van der Waals surface area (Å²) in [4.78, 5) is 0. The van der Waals surface area contributed by atoms with Crippen molar-refractivity contribution in [2.24, 2.45) is 11.8 Å². The van der Waals surface area contributed by atoms with Crippen LogP contribution in [0, 0.1) is 11.8 Å².